The largest absolute Gasteiger partial charge is 0.330 e. The van der Waals surface area contributed by atoms with E-state index in [-0.39, 0.29) is 11.8 Å². The molecule has 4 N–H and O–H groups in total. The molecule has 0 spiro atoms. The molecule has 0 aliphatic rings. The maximum absolute atomic E-state index is 12.9. The lowest BCUT2D eigenvalue weighted by molar-refractivity contribution is -0.112. The molecule has 3 rings (SSSR count). The summed E-state index contributed by atoms with van der Waals surface area (Å²) in [6.45, 7) is 8.40. The predicted octanol–water partition coefficient (Wildman–Crippen LogP) is 6.54. The minimum absolute atomic E-state index is 0.158. The normalized spacial score (nSPS) is 11.4. The smallest absolute Gasteiger partial charge is 0.258 e. The van der Waals surface area contributed by atoms with E-state index in [4.69, 9.17) is 17.3 Å². The summed E-state index contributed by atoms with van der Waals surface area (Å²) >= 11 is 7.84. The molecular formula is C29H36ClN5O2S. The van der Waals surface area contributed by atoms with Gasteiger partial charge in [0.2, 0.25) is 0 Å². The van der Waals surface area contributed by atoms with Crippen molar-refractivity contribution in [2.24, 2.45) is 12.8 Å². The van der Waals surface area contributed by atoms with Gasteiger partial charge in [-0.05, 0) is 43.7 Å². The SMILES string of the molecule is C/C=C(CSCCN)\C(=C/C)C(=O)Nc1ccc(-c2cc(NC(=O)c3ccccc3Cl)n(C)n2)cc1.CC. The number of nitrogens with one attached hydrogen (secondary N) is 2. The molecule has 0 atom stereocenters. The molecule has 1 aromatic heterocycles. The van der Waals surface area contributed by atoms with Gasteiger partial charge in [-0.2, -0.15) is 16.9 Å². The van der Waals surface area contributed by atoms with Gasteiger partial charge in [-0.15, -0.1) is 0 Å². The summed E-state index contributed by atoms with van der Waals surface area (Å²) in [4.78, 5) is 25.5. The summed E-state index contributed by atoms with van der Waals surface area (Å²) in [5.74, 6) is 1.64. The molecule has 7 nitrogen and oxygen atoms in total. The molecule has 3 aromatic rings. The van der Waals surface area contributed by atoms with Gasteiger partial charge in [0.05, 0.1) is 16.3 Å². The number of nitrogens with zero attached hydrogens (tertiary/aromatic N) is 2. The molecule has 0 aliphatic heterocycles. The summed E-state index contributed by atoms with van der Waals surface area (Å²) in [5.41, 5.74) is 9.80. The highest BCUT2D eigenvalue weighted by Crippen LogP contribution is 2.25. The Balaban J connectivity index is 0.00000247. The van der Waals surface area contributed by atoms with Crippen LogP contribution in [0.15, 0.2) is 77.9 Å². The Morgan fingerprint density at radius 2 is 1.74 bits per heavy atom. The van der Waals surface area contributed by atoms with Crippen LogP contribution in [0.2, 0.25) is 5.02 Å². The van der Waals surface area contributed by atoms with Crippen LogP contribution in [0.4, 0.5) is 11.5 Å². The van der Waals surface area contributed by atoms with E-state index in [1.165, 1.54) is 0 Å². The van der Waals surface area contributed by atoms with E-state index in [0.717, 1.165) is 22.6 Å². The number of hydrogen-bond acceptors (Lipinski definition) is 5. The zero-order chi connectivity index (χ0) is 28.1. The zero-order valence-electron chi connectivity index (χ0n) is 22.5. The van der Waals surface area contributed by atoms with Gasteiger partial charge in [0.1, 0.15) is 5.82 Å². The van der Waals surface area contributed by atoms with Crippen molar-refractivity contribution in [2.75, 3.05) is 28.7 Å². The Hall–Kier alpha value is -3.33. The summed E-state index contributed by atoms with van der Waals surface area (Å²) in [7, 11) is 1.75. The van der Waals surface area contributed by atoms with Gasteiger partial charge in [0.25, 0.3) is 11.8 Å². The van der Waals surface area contributed by atoms with Crippen LogP contribution >= 0.6 is 23.4 Å². The van der Waals surface area contributed by atoms with Gasteiger partial charge in [-0.3, -0.25) is 14.3 Å². The van der Waals surface area contributed by atoms with Crippen molar-refractivity contribution in [1.29, 1.82) is 0 Å². The predicted molar refractivity (Wildman–Crippen MR) is 162 cm³/mol. The van der Waals surface area contributed by atoms with Gasteiger partial charge in [-0.25, -0.2) is 0 Å². The topological polar surface area (TPSA) is 102 Å². The van der Waals surface area contributed by atoms with Crippen molar-refractivity contribution in [3.05, 3.63) is 88.5 Å². The zero-order valence-corrected chi connectivity index (χ0v) is 24.1. The van der Waals surface area contributed by atoms with E-state index in [9.17, 15) is 9.59 Å². The van der Waals surface area contributed by atoms with Crippen molar-refractivity contribution in [1.82, 2.24) is 9.78 Å². The Kier molecular flexibility index (Phi) is 12.9. The Labute approximate surface area is 234 Å². The molecular weight excluding hydrogens is 518 g/mol. The molecule has 0 radical (unpaired) electrons. The van der Waals surface area contributed by atoms with Crippen LogP contribution in [0.5, 0.6) is 0 Å². The number of halogens is 1. The first-order valence-electron chi connectivity index (χ1n) is 12.5. The molecule has 2 aromatic carbocycles. The molecule has 0 unspecified atom stereocenters. The lowest BCUT2D eigenvalue weighted by Crippen LogP contribution is -2.17. The number of carbonyl (C=O) groups is 2. The van der Waals surface area contributed by atoms with Crippen molar-refractivity contribution in [2.45, 2.75) is 27.7 Å². The number of rotatable bonds is 10. The third kappa shape index (κ3) is 8.34. The van der Waals surface area contributed by atoms with Crippen LogP contribution in [0.1, 0.15) is 38.1 Å². The maximum atomic E-state index is 12.9. The minimum Gasteiger partial charge on any atom is -0.330 e. The molecule has 1 heterocycles. The average Bonchev–Trinajstić information content (AvgIpc) is 3.29. The average molecular weight is 554 g/mol. The number of benzene rings is 2. The number of carbonyl (C=O) groups excluding carboxylic acids is 2. The third-order valence-corrected chi connectivity index (χ3v) is 6.79. The summed E-state index contributed by atoms with van der Waals surface area (Å²) in [6, 6.07) is 16.1. The fraction of sp³-hybridized carbons (Fsp3) is 0.276. The standard InChI is InChI=1S/C27H30ClN5O2S.C2H6/c1-4-18(17-36-15-14-29)21(5-2)26(34)30-20-12-10-19(11-13-20)24-16-25(33(3)32-24)31-27(35)22-8-6-7-9-23(22)28;1-2/h4-13,16H,14-15,17,29H2,1-3H3,(H,30,34)(H,31,35);1-2H3/b18-4-,21-5+;. The van der Waals surface area contributed by atoms with Crippen LogP contribution in [0, 0.1) is 0 Å². The molecule has 0 saturated heterocycles. The van der Waals surface area contributed by atoms with Crippen molar-refractivity contribution in [3.8, 4) is 11.3 Å². The van der Waals surface area contributed by atoms with Crippen LogP contribution in [0.3, 0.4) is 0 Å². The highest BCUT2D eigenvalue weighted by Gasteiger charge is 2.16. The number of aromatic nitrogens is 2. The molecule has 0 bridgehead atoms. The van der Waals surface area contributed by atoms with Gasteiger partial charge in [0.15, 0.2) is 0 Å². The van der Waals surface area contributed by atoms with Crippen LogP contribution in [0.25, 0.3) is 11.3 Å². The van der Waals surface area contributed by atoms with Crippen molar-refractivity contribution >= 4 is 46.7 Å². The van der Waals surface area contributed by atoms with Crippen LogP contribution < -0.4 is 16.4 Å². The van der Waals surface area contributed by atoms with Gasteiger partial charge < -0.3 is 16.4 Å². The van der Waals surface area contributed by atoms with E-state index in [1.807, 2.05) is 64.1 Å². The molecule has 38 heavy (non-hydrogen) atoms. The Morgan fingerprint density at radius 1 is 1.05 bits per heavy atom. The van der Waals surface area contributed by atoms with Crippen LogP contribution in [-0.4, -0.2) is 39.6 Å². The molecule has 9 heteroatoms. The second kappa shape index (κ2) is 15.8. The molecule has 0 aliphatic carbocycles. The van der Waals surface area contributed by atoms with Gasteiger partial charge in [0, 0.05) is 48.0 Å². The number of anilines is 2. The van der Waals surface area contributed by atoms with E-state index >= 15 is 0 Å². The summed E-state index contributed by atoms with van der Waals surface area (Å²) < 4.78 is 1.60. The second-order valence-corrected chi connectivity index (χ2v) is 9.37. The second-order valence-electron chi connectivity index (χ2n) is 7.86. The van der Waals surface area contributed by atoms with E-state index in [1.54, 1.807) is 53.8 Å². The van der Waals surface area contributed by atoms with E-state index in [0.29, 0.717) is 39.9 Å². The van der Waals surface area contributed by atoms with Gasteiger partial charge >= 0.3 is 0 Å². The Bertz CT molecular complexity index is 1280. The molecule has 202 valence electrons. The number of nitrogens with two attached hydrogens (primary N) is 1. The first-order valence-corrected chi connectivity index (χ1v) is 14.0. The molecule has 0 fully saturated rings. The fourth-order valence-electron chi connectivity index (χ4n) is 3.52. The summed E-state index contributed by atoms with van der Waals surface area (Å²) in [6.07, 6.45) is 3.79. The quantitative estimate of drug-likeness (QED) is 0.150. The number of aryl methyl sites for hydroxylation is 1. The fourth-order valence-corrected chi connectivity index (χ4v) is 4.60. The van der Waals surface area contributed by atoms with Crippen molar-refractivity contribution < 1.29 is 9.59 Å². The summed E-state index contributed by atoms with van der Waals surface area (Å²) in [5, 5.41) is 10.7. The molecule has 2 amide bonds. The first kappa shape index (κ1) is 30.9. The van der Waals surface area contributed by atoms with Gasteiger partial charge in [-0.1, -0.05) is 61.9 Å². The number of amides is 2. The van der Waals surface area contributed by atoms with Crippen LogP contribution in [-0.2, 0) is 11.8 Å². The lowest BCUT2D eigenvalue weighted by atomic mass is 10.1. The minimum atomic E-state index is -0.310. The maximum Gasteiger partial charge on any atom is 0.258 e. The van der Waals surface area contributed by atoms with E-state index in [2.05, 4.69) is 15.7 Å². The number of hydrogen-bond donors (Lipinski definition) is 3. The van der Waals surface area contributed by atoms with Crippen molar-refractivity contribution in [3.63, 3.8) is 0 Å². The first-order chi connectivity index (χ1) is 18.4. The number of allylic oxidation sites excluding steroid dienone is 2. The number of thioether (sulfide) groups is 1. The third-order valence-electron chi connectivity index (χ3n) is 5.43. The van der Waals surface area contributed by atoms with E-state index < -0.39 is 0 Å². The Morgan fingerprint density at radius 3 is 2.34 bits per heavy atom. The monoisotopic (exact) mass is 553 g/mol. The lowest BCUT2D eigenvalue weighted by Gasteiger charge is -2.12. The highest BCUT2D eigenvalue weighted by molar-refractivity contribution is 7.99. The molecule has 0 saturated carbocycles. The highest BCUT2D eigenvalue weighted by atomic mass is 35.5.